The molecule has 2 nitrogen and oxygen atoms in total. The first-order valence-electron chi connectivity index (χ1n) is 8.90. The summed E-state index contributed by atoms with van der Waals surface area (Å²) in [6, 6.07) is 18.9. The van der Waals surface area contributed by atoms with Crippen LogP contribution in [0.3, 0.4) is 0 Å². The average Bonchev–Trinajstić information content (AvgIpc) is 2.60. The monoisotopic (exact) mass is 423 g/mol. The molecule has 0 aromatic heterocycles. The molecule has 0 spiro atoms. The summed E-state index contributed by atoms with van der Waals surface area (Å²) in [5.41, 5.74) is 1.90. The number of nitrogens with one attached hydrogen (secondary N) is 1. The molecule has 0 radical (unpaired) electrons. The SMILES string of the molecule is Cl.OC1(C(CNCc2ccccc2)c2cccc(Br)c2)CCCCC1. The minimum absolute atomic E-state index is 0. The molecule has 2 N–H and O–H groups in total. The summed E-state index contributed by atoms with van der Waals surface area (Å²) >= 11 is 3.57. The lowest BCUT2D eigenvalue weighted by Crippen LogP contribution is -2.43. The summed E-state index contributed by atoms with van der Waals surface area (Å²) in [5.74, 6) is 0.124. The minimum Gasteiger partial charge on any atom is -0.389 e. The van der Waals surface area contributed by atoms with Crippen molar-refractivity contribution < 1.29 is 5.11 Å². The van der Waals surface area contributed by atoms with Crippen molar-refractivity contribution in [1.82, 2.24) is 5.32 Å². The largest absolute Gasteiger partial charge is 0.389 e. The summed E-state index contributed by atoms with van der Waals surface area (Å²) < 4.78 is 1.08. The first-order valence-corrected chi connectivity index (χ1v) is 9.69. The summed E-state index contributed by atoms with van der Waals surface area (Å²) in [4.78, 5) is 0. The van der Waals surface area contributed by atoms with Gasteiger partial charge in [0.15, 0.2) is 0 Å². The van der Waals surface area contributed by atoms with Crippen molar-refractivity contribution in [1.29, 1.82) is 0 Å². The van der Waals surface area contributed by atoms with Crippen molar-refractivity contribution in [2.24, 2.45) is 0 Å². The van der Waals surface area contributed by atoms with E-state index in [4.69, 9.17) is 0 Å². The van der Waals surface area contributed by atoms with E-state index in [2.05, 4.69) is 63.7 Å². The molecular weight excluding hydrogens is 398 g/mol. The Morgan fingerprint density at radius 2 is 1.72 bits per heavy atom. The van der Waals surface area contributed by atoms with Gasteiger partial charge in [0.05, 0.1) is 5.60 Å². The van der Waals surface area contributed by atoms with Gasteiger partial charge >= 0.3 is 0 Å². The molecule has 1 atom stereocenters. The van der Waals surface area contributed by atoms with E-state index < -0.39 is 5.60 Å². The highest BCUT2D eigenvalue weighted by Gasteiger charge is 2.38. The molecular formula is C21H27BrClNO. The number of hydrogen-bond acceptors (Lipinski definition) is 2. The van der Waals surface area contributed by atoms with Crippen LogP contribution in [0.4, 0.5) is 0 Å². The Hall–Kier alpha value is -0.870. The Morgan fingerprint density at radius 3 is 2.40 bits per heavy atom. The summed E-state index contributed by atoms with van der Waals surface area (Å²) in [6.07, 6.45) is 5.29. The van der Waals surface area contributed by atoms with Gasteiger partial charge in [0, 0.05) is 23.5 Å². The average molecular weight is 425 g/mol. The van der Waals surface area contributed by atoms with Gasteiger partial charge in [0.1, 0.15) is 0 Å². The second-order valence-corrected chi connectivity index (χ2v) is 7.80. The predicted molar refractivity (Wildman–Crippen MR) is 110 cm³/mol. The molecule has 1 fully saturated rings. The third-order valence-corrected chi connectivity index (χ3v) is 5.63. The molecule has 3 rings (SSSR count). The van der Waals surface area contributed by atoms with E-state index in [0.717, 1.165) is 43.2 Å². The van der Waals surface area contributed by atoms with Crippen molar-refractivity contribution in [3.8, 4) is 0 Å². The molecule has 1 aliphatic rings. The second-order valence-electron chi connectivity index (χ2n) is 6.89. The zero-order chi connectivity index (χ0) is 16.8. The van der Waals surface area contributed by atoms with E-state index >= 15 is 0 Å². The van der Waals surface area contributed by atoms with E-state index in [-0.39, 0.29) is 18.3 Å². The minimum atomic E-state index is -0.595. The van der Waals surface area contributed by atoms with Gasteiger partial charge in [0.25, 0.3) is 0 Å². The lowest BCUT2D eigenvalue weighted by atomic mass is 9.72. The molecule has 0 saturated heterocycles. The Morgan fingerprint density at radius 1 is 1.00 bits per heavy atom. The van der Waals surface area contributed by atoms with E-state index in [1.165, 1.54) is 17.5 Å². The van der Waals surface area contributed by atoms with E-state index in [1.807, 2.05) is 12.1 Å². The molecule has 0 amide bonds. The molecule has 2 aromatic rings. The maximum absolute atomic E-state index is 11.3. The van der Waals surface area contributed by atoms with Gasteiger partial charge in [0.2, 0.25) is 0 Å². The van der Waals surface area contributed by atoms with Crippen LogP contribution in [0.5, 0.6) is 0 Å². The highest BCUT2D eigenvalue weighted by molar-refractivity contribution is 9.10. The number of hydrogen-bond donors (Lipinski definition) is 2. The number of halogens is 2. The zero-order valence-electron chi connectivity index (χ0n) is 14.5. The maximum atomic E-state index is 11.3. The molecule has 4 heteroatoms. The van der Waals surface area contributed by atoms with Gasteiger partial charge in [-0.25, -0.2) is 0 Å². The molecule has 0 heterocycles. The normalized spacial score (nSPS) is 17.5. The van der Waals surface area contributed by atoms with Crippen LogP contribution in [-0.2, 0) is 6.54 Å². The molecule has 1 aliphatic carbocycles. The fraction of sp³-hybridized carbons (Fsp3) is 0.429. The lowest BCUT2D eigenvalue weighted by molar-refractivity contribution is -0.0216. The quantitative estimate of drug-likeness (QED) is 0.647. The predicted octanol–water partition coefficient (Wildman–Crippen LogP) is 5.44. The van der Waals surface area contributed by atoms with Crippen LogP contribution in [0.15, 0.2) is 59.1 Å². The number of aliphatic hydroxyl groups is 1. The van der Waals surface area contributed by atoms with Gasteiger partial charge in [-0.15, -0.1) is 12.4 Å². The topological polar surface area (TPSA) is 32.3 Å². The highest BCUT2D eigenvalue weighted by Crippen LogP contribution is 2.40. The zero-order valence-corrected chi connectivity index (χ0v) is 16.9. The van der Waals surface area contributed by atoms with E-state index in [9.17, 15) is 5.11 Å². The first kappa shape index (κ1) is 20.4. The number of rotatable bonds is 6. The lowest BCUT2D eigenvalue weighted by Gasteiger charge is -2.40. The van der Waals surface area contributed by atoms with Gasteiger partial charge in [-0.1, -0.05) is 77.7 Å². The first-order chi connectivity index (χ1) is 11.7. The maximum Gasteiger partial charge on any atom is 0.0728 e. The molecule has 136 valence electrons. The third kappa shape index (κ3) is 5.55. The fourth-order valence-corrected chi connectivity index (χ4v) is 4.23. The smallest absolute Gasteiger partial charge is 0.0728 e. The Kier molecular flexibility index (Phi) is 7.95. The Bertz CT molecular complexity index is 643. The van der Waals surface area contributed by atoms with Crippen LogP contribution in [0, 0.1) is 0 Å². The van der Waals surface area contributed by atoms with Crippen LogP contribution in [0.25, 0.3) is 0 Å². The Labute approximate surface area is 165 Å². The summed E-state index contributed by atoms with van der Waals surface area (Å²) in [6.45, 7) is 1.63. The third-order valence-electron chi connectivity index (χ3n) is 5.14. The molecule has 1 unspecified atom stereocenters. The molecule has 0 bridgehead atoms. The molecule has 2 aromatic carbocycles. The van der Waals surface area contributed by atoms with Crippen molar-refractivity contribution in [2.75, 3.05) is 6.54 Å². The van der Waals surface area contributed by atoms with E-state index in [0.29, 0.717) is 0 Å². The van der Waals surface area contributed by atoms with Crippen LogP contribution >= 0.6 is 28.3 Å². The van der Waals surface area contributed by atoms with Crippen LogP contribution in [-0.4, -0.2) is 17.3 Å². The van der Waals surface area contributed by atoms with Gasteiger partial charge < -0.3 is 10.4 Å². The molecule has 1 saturated carbocycles. The standard InChI is InChI=1S/C21H26BrNO.ClH/c22-19-11-7-10-18(14-19)20(21(24)12-5-2-6-13-21)16-23-15-17-8-3-1-4-9-17;/h1,3-4,7-11,14,20,23-24H,2,5-6,12-13,15-16H2;1H. The van der Waals surface area contributed by atoms with Crippen LogP contribution < -0.4 is 5.32 Å². The van der Waals surface area contributed by atoms with Crippen LogP contribution in [0.2, 0.25) is 0 Å². The second kappa shape index (κ2) is 9.72. The molecule has 25 heavy (non-hydrogen) atoms. The van der Waals surface area contributed by atoms with Crippen molar-refractivity contribution >= 4 is 28.3 Å². The van der Waals surface area contributed by atoms with Gasteiger partial charge in [-0.2, -0.15) is 0 Å². The molecule has 0 aliphatic heterocycles. The fourth-order valence-electron chi connectivity index (χ4n) is 3.81. The van der Waals surface area contributed by atoms with E-state index in [1.54, 1.807) is 0 Å². The summed E-state index contributed by atoms with van der Waals surface area (Å²) in [5, 5.41) is 14.9. The van der Waals surface area contributed by atoms with Crippen molar-refractivity contribution in [3.63, 3.8) is 0 Å². The Balaban J connectivity index is 0.00000225. The van der Waals surface area contributed by atoms with Crippen LogP contribution in [0.1, 0.15) is 49.1 Å². The van der Waals surface area contributed by atoms with Gasteiger partial charge in [-0.05, 0) is 36.1 Å². The van der Waals surface area contributed by atoms with Gasteiger partial charge in [-0.3, -0.25) is 0 Å². The highest BCUT2D eigenvalue weighted by atomic mass is 79.9. The summed E-state index contributed by atoms with van der Waals surface area (Å²) in [7, 11) is 0. The van der Waals surface area contributed by atoms with Crippen molar-refractivity contribution in [3.05, 3.63) is 70.2 Å². The number of benzene rings is 2. The van der Waals surface area contributed by atoms with Crippen molar-refractivity contribution in [2.45, 2.75) is 50.2 Å².